The zero-order valence-corrected chi connectivity index (χ0v) is 8.37. The second-order valence-corrected chi connectivity index (χ2v) is 4.76. The first-order valence-corrected chi connectivity index (χ1v) is 5.65. The van der Waals surface area contributed by atoms with Gasteiger partial charge in [-0.1, -0.05) is 0 Å². The first-order chi connectivity index (χ1) is 6.44. The van der Waals surface area contributed by atoms with Gasteiger partial charge in [-0.05, 0) is 12.1 Å². The Morgan fingerprint density at radius 2 is 2.00 bits per heavy atom. The van der Waals surface area contributed by atoms with Crippen molar-refractivity contribution in [3.05, 3.63) is 29.8 Å². The molecule has 0 amide bonds. The summed E-state index contributed by atoms with van der Waals surface area (Å²) in [7, 11) is -3.80. The summed E-state index contributed by atoms with van der Waals surface area (Å²) in [5.74, 6) is -1.60. The summed E-state index contributed by atoms with van der Waals surface area (Å²) < 4.78 is 49.1. The second-order valence-electron chi connectivity index (χ2n) is 2.45. The van der Waals surface area contributed by atoms with Crippen molar-refractivity contribution < 1.29 is 17.2 Å². The molecule has 0 atom stereocenters. The summed E-state index contributed by atoms with van der Waals surface area (Å²) in [4.78, 5) is 0. The Morgan fingerprint density at radius 1 is 1.36 bits per heavy atom. The van der Waals surface area contributed by atoms with E-state index in [1.807, 2.05) is 0 Å². The monoisotopic (exact) mass is 241 g/mol. The van der Waals surface area contributed by atoms with E-state index >= 15 is 0 Å². The van der Waals surface area contributed by atoms with Crippen LogP contribution >= 0.6 is 11.6 Å². The van der Waals surface area contributed by atoms with Crippen LogP contribution in [0.2, 0.25) is 0 Å². The lowest BCUT2D eigenvalue weighted by atomic mass is 10.3. The summed E-state index contributed by atoms with van der Waals surface area (Å²) in [5, 5.41) is -0.719. The van der Waals surface area contributed by atoms with E-state index < -0.39 is 32.6 Å². The van der Waals surface area contributed by atoms with Gasteiger partial charge in [0, 0.05) is 6.07 Å². The molecule has 14 heavy (non-hydrogen) atoms. The van der Waals surface area contributed by atoms with E-state index in [1.165, 1.54) is 0 Å². The quantitative estimate of drug-likeness (QED) is 0.822. The second kappa shape index (κ2) is 4.10. The van der Waals surface area contributed by atoms with E-state index in [-0.39, 0.29) is 0 Å². The zero-order chi connectivity index (χ0) is 10.8. The Labute approximate surface area is 84.7 Å². The van der Waals surface area contributed by atoms with Gasteiger partial charge in [-0.3, -0.25) is 4.72 Å². The molecule has 0 aromatic heterocycles. The minimum atomic E-state index is -3.80. The van der Waals surface area contributed by atoms with Gasteiger partial charge in [0.1, 0.15) is 16.8 Å². The Balaban J connectivity index is 3.03. The molecule has 0 radical (unpaired) electrons. The van der Waals surface area contributed by atoms with Crippen molar-refractivity contribution in [2.75, 3.05) is 9.93 Å². The number of anilines is 1. The molecule has 0 aliphatic rings. The van der Waals surface area contributed by atoms with Crippen LogP contribution in [0.5, 0.6) is 0 Å². The molecule has 0 saturated carbocycles. The van der Waals surface area contributed by atoms with Crippen LogP contribution < -0.4 is 4.72 Å². The van der Waals surface area contributed by atoms with Crippen molar-refractivity contribution in [1.82, 2.24) is 0 Å². The molecule has 0 aliphatic carbocycles. The fourth-order valence-electron chi connectivity index (χ4n) is 0.771. The van der Waals surface area contributed by atoms with Gasteiger partial charge in [0.25, 0.3) is 0 Å². The third kappa shape index (κ3) is 2.81. The molecule has 78 valence electrons. The predicted molar refractivity (Wildman–Crippen MR) is 49.6 cm³/mol. The van der Waals surface area contributed by atoms with E-state index in [0.29, 0.717) is 0 Å². The first-order valence-electron chi connectivity index (χ1n) is 3.46. The van der Waals surface area contributed by atoms with Gasteiger partial charge in [-0.2, -0.15) is 0 Å². The molecule has 7 heteroatoms. The summed E-state index contributed by atoms with van der Waals surface area (Å²) in [6.07, 6.45) is 0. The highest BCUT2D eigenvalue weighted by atomic mass is 35.5. The van der Waals surface area contributed by atoms with Crippen LogP contribution in [0.15, 0.2) is 18.2 Å². The van der Waals surface area contributed by atoms with Crippen molar-refractivity contribution in [3.63, 3.8) is 0 Å². The standard InChI is InChI=1S/C7H6ClF2NO2S/c8-4-14(12,13)11-7-3-5(9)1-2-6(7)10/h1-3,11H,4H2. The van der Waals surface area contributed by atoms with E-state index in [9.17, 15) is 17.2 Å². The number of benzene rings is 1. The molecule has 0 fully saturated rings. The smallest absolute Gasteiger partial charge is 0.246 e. The average molecular weight is 242 g/mol. The van der Waals surface area contributed by atoms with Crippen LogP contribution in [0.25, 0.3) is 0 Å². The third-order valence-corrected chi connectivity index (χ3v) is 3.02. The van der Waals surface area contributed by atoms with Crippen LogP contribution in [0.3, 0.4) is 0 Å². The van der Waals surface area contributed by atoms with Crippen LogP contribution in [-0.4, -0.2) is 13.6 Å². The summed E-state index contributed by atoms with van der Waals surface area (Å²) in [6.45, 7) is 0. The lowest BCUT2D eigenvalue weighted by Crippen LogP contribution is -2.14. The molecule has 1 rings (SSSR count). The zero-order valence-electron chi connectivity index (χ0n) is 6.80. The van der Waals surface area contributed by atoms with E-state index in [1.54, 1.807) is 4.72 Å². The Kier molecular flexibility index (Phi) is 3.28. The number of nitrogens with one attached hydrogen (secondary N) is 1. The summed E-state index contributed by atoms with van der Waals surface area (Å²) in [6, 6.07) is 2.44. The van der Waals surface area contributed by atoms with Crippen molar-refractivity contribution in [1.29, 1.82) is 0 Å². The maximum Gasteiger partial charge on any atom is 0.246 e. The van der Waals surface area contributed by atoms with Crippen molar-refractivity contribution in [2.45, 2.75) is 0 Å². The molecule has 0 aliphatic heterocycles. The summed E-state index contributed by atoms with van der Waals surface area (Å²) in [5.41, 5.74) is -0.453. The maximum atomic E-state index is 12.9. The fourth-order valence-corrected chi connectivity index (χ4v) is 1.48. The molecule has 0 saturated heterocycles. The van der Waals surface area contributed by atoms with Crippen LogP contribution in [-0.2, 0) is 10.0 Å². The van der Waals surface area contributed by atoms with Crippen molar-refractivity contribution >= 4 is 27.3 Å². The van der Waals surface area contributed by atoms with Gasteiger partial charge in [-0.15, -0.1) is 11.6 Å². The maximum absolute atomic E-state index is 12.9. The number of halogens is 3. The van der Waals surface area contributed by atoms with Gasteiger partial charge in [0.15, 0.2) is 0 Å². The van der Waals surface area contributed by atoms with Gasteiger partial charge in [-0.25, -0.2) is 17.2 Å². The largest absolute Gasteiger partial charge is 0.279 e. The van der Waals surface area contributed by atoms with Crippen LogP contribution in [0.1, 0.15) is 0 Å². The Morgan fingerprint density at radius 3 is 2.57 bits per heavy atom. The highest BCUT2D eigenvalue weighted by Gasteiger charge is 2.11. The van der Waals surface area contributed by atoms with Gasteiger partial charge >= 0.3 is 0 Å². The first kappa shape index (κ1) is 11.2. The van der Waals surface area contributed by atoms with Gasteiger partial charge in [0.2, 0.25) is 10.0 Å². The summed E-state index contributed by atoms with van der Waals surface area (Å²) >= 11 is 5.07. The number of rotatable bonds is 3. The third-order valence-electron chi connectivity index (χ3n) is 1.34. The van der Waals surface area contributed by atoms with Crippen molar-refractivity contribution in [2.24, 2.45) is 0 Å². The van der Waals surface area contributed by atoms with E-state index in [4.69, 9.17) is 11.6 Å². The molecule has 1 aromatic rings. The average Bonchev–Trinajstić information content (AvgIpc) is 2.11. The number of hydrogen-bond donors (Lipinski definition) is 1. The molecule has 0 spiro atoms. The molecular weight excluding hydrogens is 236 g/mol. The minimum Gasteiger partial charge on any atom is -0.279 e. The van der Waals surface area contributed by atoms with E-state index in [2.05, 4.69) is 0 Å². The molecule has 0 heterocycles. The highest BCUT2D eigenvalue weighted by molar-refractivity contribution is 7.93. The number of hydrogen-bond acceptors (Lipinski definition) is 2. The predicted octanol–water partition coefficient (Wildman–Crippen LogP) is 1.90. The topological polar surface area (TPSA) is 46.2 Å². The van der Waals surface area contributed by atoms with Gasteiger partial charge < -0.3 is 0 Å². The SMILES string of the molecule is O=S(=O)(CCl)Nc1cc(F)ccc1F. The van der Waals surface area contributed by atoms with Gasteiger partial charge in [0.05, 0.1) is 5.69 Å². The number of sulfonamides is 1. The molecule has 3 nitrogen and oxygen atoms in total. The van der Waals surface area contributed by atoms with Crippen LogP contribution in [0, 0.1) is 11.6 Å². The van der Waals surface area contributed by atoms with E-state index in [0.717, 1.165) is 18.2 Å². The highest BCUT2D eigenvalue weighted by Crippen LogP contribution is 2.16. The Hall–Kier alpha value is -0.880. The number of alkyl halides is 1. The van der Waals surface area contributed by atoms with Crippen molar-refractivity contribution in [3.8, 4) is 0 Å². The molecular formula is C7H6ClF2NO2S. The molecule has 0 unspecified atom stereocenters. The lowest BCUT2D eigenvalue weighted by molar-refractivity contribution is 0.597. The molecule has 0 bridgehead atoms. The molecule has 1 N–H and O–H groups in total. The molecule has 1 aromatic carbocycles. The normalized spacial score (nSPS) is 11.4. The Bertz CT molecular complexity index is 435. The fraction of sp³-hybridized carbons (Fsp3) is 0.143. The lowest BCUT2D eigenvalue weighted by Gasteiger charge is -2.05. The minimum absolute atomic E-state index is 0.453. The van der Waals surface area contributed by atoms with Crippen LogP contribution in [0.4, 0.5) is 14.5 Å².